The molecule has 0 saturated carbocycles. The molecule has 3 aromatic rings. The largest absolute Gasteiger partial charge is 0.489 e. The summed E-state index contributed by atoms with van der Waals surface area (Å²) in [5.74, 6) is 0.314. The van der Waals surface area contributed by atoms with Gasteiger partial charge in [0.1, 0.15) is 18.0 Å². The molecule has 0 aliphatic carbocycles. The van der Waals surface area contributed by atoms with E-state index in [2.05, 4.69) is 29.3 Å². The smallest absolute Gasteiger partial charge is 0.337 e. The van der Waals surface area contributed by atoms with Crippen molar-refractivity contribution in [3.05, 3.63) is 125 Å². The van der Waals surface area contributed by atoms with Gasteiger partial charge >= 0.3 is 5.97 Å². The number of ether oxygens (including phenoxy) is 2. The van der Waals surface area contributed by atoms with Crippen molar-refractivity contribution in [2.45, 2.75) is 52.4 Å². The molecule has 180 valence electrons. The van der Waals surface area contributed by atoms with Crippen molar-refractivity contribution in [2.75, 3.05) is 0 Å². The lowest BCUT2D eigenvalue weighted by Crippen LogP contribution is -2.31. The number of carbonyl (C=O) groups is 1. The second-order valence-corrected chi connectivity index (χ2v) is 9.78. The summed E-state index contributed by atoms with van der Waals surface area (Å²) in [7, 11) is 0. The molecule has 0 amide bonds. The van der Waals surface area contributed by atoms with Crippen LogP contribution in [-0.4, -0.2) is 16.5 Å². The van der Waals surface area contributed by atoms with Gasteiger partial charge in [0.15, 0.2) is 0 Å². The third-order valence-corrected chi connectivity index (χ3v) is 5.89. The van der Waals surface area contributed by atoms with Gasteiger partial charge in [-0.15, -0.1) is 0 Å². The third kappa shape index (κ3) is 6.42. The Morgan fingerprint density at radius 3 is 2.06 bits per heavy atom. The van der Waals surface area contributed by atoms with Crippen LogP contribution in [-0.2, 0) is 22.7 Å². The van der Waals surface area contributed by atoms with Crippen molar-refractivity contribution >= 4 is 5.97 Å². The van der Waals surface area contributed by atoms with Crippen LogP contribution in [0.1, 0.15) is 50.3 Å². The van der Waals surface area contributed by atoms with Crippen LogP contribution in [0.3, 0.4) is 0 Å². The van der Waals surface area contributed by atoms with E-state index in [4.69, 9.17) is 9.47 Å². The standard InChI is InChI=1S/C31H33NO3/c1-23-29(30(33)35-31(2,3)4)28(19-20-32(23)21-24-11-7-5-8-12-24)26-15-17-27(18-16-26)34-22-25-13-9-6-10-14-25/h5-20,28H,21-22H2,1-4H3. The van der Waals surface area contributed by atoms with Crippen LogP contribution >= 0.6 is 0 Å². The Morgan fingerprint density at radius 1 is 0.857 bits per heavy atom. The van der Waals surface area contributed by atoms with Gasteiger partial charge in [-0.05, 0) is 56.5 Å². The predicted octanol–water partition coefficient (Wildman–Crippen LogP) is 6.99. The first-order chi connectivity index (χ1) is 16.8. The normalized spacial score (nSPS) is 15.8. The average Bonchev–Trinajstić information content (AvgIpc) is 2.84. The zero-order valence-corrected chi connectivity index (χ0v) is 20.9. The summed E-state index contributed by atoms with van der Waals surface area (Å²) in [4.78, 5) is 15.5. The van der Waals surface area contributed by atoms with Gasteiger partial charge < -0.3 is 14.4 Å². The number of esters is 1. The monoisotopic (exact) mass is 467 g/mol. The molecule has 0 fully saturated rings. The van der Waals surface area contributed by atoms with Crippen molar-refractivity contribution in [1.82, 2.24) is 4.90 Å². The average molecular weight is 468 g/mol. The summed E-state index contributed by atoms with van der Waals surface area (Å²) in [5, 5.41) is 0. The first kappa shape index (κ1) is 24.3. The molecule has 4 nitrogen and oxygen atoms in total. The van der Waals surface area contributed by atoms with Crippen molar-refractivity contribution in [1.29, 1.82) is 0 Å². The quantitative estimate of drug-likeness (QED) is 0.351. The van der Waals surface area contributed by atoms with Crippen LogP contribution in [0.4, 0.5) is 0 Å². The van der Waals surface area contributed by atoms with Crippen molar-refractivity contribution in [3.8, 4) is 5.75 Å². The second kappa shape index (κ2) is 10.6. The Morgan fingerprint density at radius 2 is 1.46 bits per heavy atom. The molecule has 4 heteroatoms. The molecule has 0 aromatic heterocycles. The first-order valence-electron chi connectivity index (χ1n) is 12.0. The SMILES string of the molecule is CC1=C(C(=O)OC(C)(C)C)C(c2ccc(OCc3ccccc3)cc2)C=CN1Cc1ccccc1. The Kier molecular flexibility index (Phi) is 7.40. The highest BCUT2D eigenvalue weighted by molar-refractivity contribution is 5.92. The molecule has 1 heterocycles. The Hall–Kier alpha value is -3.79. The molecular formula is C31H33NO3. The van der Waals surface area contributed by atoms with Crippen molar-refractivity contribution in [3.63, 3.8) is 0 Å². The maximum absolute atomic E-state index is 13.4. The number of allylic oxidation sites excluding steroid dienone is 2. The lowest BCUT2D eigenvalue weighted by molar-refractivity contribution is -0.150. The van der Waals surface area contributed by atoms with E-state index in [1.807, 2.05) is 100 Å². The van der Waals surface area contributed by atoms with E-state index in [9.17, 15) is 4.79 Å². The summed E-state index contributed by atoms with van der Waals surface area (Å²) in [6.45, 7) is 8.89. The van der Waals surface area contributed by atoms with Crippen LogP contribution in [0, 0.1) is 0 Å². The summed E-state index contributed by atoms with van der Waals surface area (Å²) in [6, 6.07) is 28.3. The molecule has 1 aliphatic rings. The molecule has 1 unspecified atom stereocenters. The molecule has 3 aromatic carbocycles. The molecular weight excluding hydrogens is 434 g/mol. The van der Waals surface area contributed by atoms with Gasteiger partial charge in [0.2, 0.25) is 0 Å². The third-order valence-electron chi connectivity index (χ3n) is 5.89. The van der Waals surface area contributed by atoms with Crippen molar-refractivity contribution in [2.24, 2.45) is 0 Å². The Balaban J connectivity index is 1.57. The molecule has 0 saturated heterocycles. The van der Waals surface area contributed by atoms with Crippen molar-refractivity contribution < 1.29 is 14.3 Å². The van der Waals surface area contributed by atoms with Crippen LogP contribution in [0.25, 0.3) is 0 Å². The number of hydrogen-bond acceptors (Lipinski definition) is 4. The number of carbonyl (C=O) groups excluding carboxylic acids is 1. The van der Waals surface area contributed by atoms with Gasteiger partial charge in [0, 0.05) is 24.4 Å². The Bertz CT molecular complexity index is 1190. The summed E-state index contributed by atoms with van der Waals surface area (Å²) in [5.41, 5.74) is 4.31. The van der Waals surface area contributed by atoms with E-state index in [0.29, 0.717) is 18.7 Å². The minimum atomic E-state index is -0.574. The highest BCUT2D eigenvalue weighted by Crippen LogP contribution is 2.36. The minimum Gasteiger partial charge on any atom is -0.489 e. The molecule has 0 radical (unpaired) electrons. The fourth-order valence-electron chi connectivity index (χ4n) is 4.13. The Labute approximate surface area is 208 Å². The molecule has 35 heavy (non-hydrogen) atoms. The number of hydrogen-bond donors (Lipinski definition) is 0. The lowest BCUT2D eigenvalue weighted by Gasteiger charge is -2.32. The van der Waals surface area contributed by atoms with E-state index in [-0.39, 0.29) is 11.9 Å². The number of benzene rings is 3. The van der Waals surface area contributed by atoms with E-state index < -0.39 is 5.60 Å². The topological polar surface area (TPSA) is 38.8 Å². The van der Waals surface area contributed by atoms with E-state index >= 15 is 0 Å². The molecule has 1 atom stereocenters. The van der Waals surface area contributed by atoms with Gasteiger partial charge in [-0.3, -0.25) is 0 Å². The highest BCUT2D eigenvalue weighted by Gasteiger charge is 2.31. The molecule has 4 rings (SSSR count). The second-order valence-electron chi connectivity index (χ2n) is 9.78. The summed E-state index contributed by atoms with van der Waals surface area (Å²) < 4.78 is 11.8. The fraction of sp³-hybridized carbons (Fsp3) is 0.258. The first-order valence-corrected chi connectivity index (χ1v) is 12.0. The van der Waals surface area contributed by atoms with Gasteiger partial charge in [0.25, 0.3) is 0 Å². The summed E-state index contributed by atoms with van der Waals surface area (Å²) in [6.07, 6.45) is 4.15. The predicted molar refractivity (Wildman–Crippen MR) is 140 cm³/mol. The molecule has 0 spiro atoms. The zero-order valence-electron chi connectivity index (χ0n) is 20.9. The number of rotatable bonds is 7. The molecule has 1 aliphatic heterocycles. The van der Waals surface area contributed by atoms with Gasteiger partial charge in [0.05, 0.1) is 5.57 Å². The van der Waals surface area contributed by atoms with Crippen LogP contribution < -0.4 is 4.74 Å². The van der Waals surface area contributed by atoms with E-state index in [0.717, 1.165) is 22.6 Å². The lowest BCUT2D eigenvalue weighted by atomic mass is 9.87. The molecule has 0 bridgehead atoms. The van der Waals surface area contributed by atoms with E-state index in [1.165, 1.54) is 5.56 Å². The van der Waals surface area contributed by atoms with Crippen LogP contribution in [0.5, 0.6) is 5.75 Å². The van der Waals surface area contributed by atoms with Crippen LogP contribution in [0.2, 0.25) is 0 Å². The summed E-state index contributed by atoms with van der Waals surface area (Å²) >= 11 is 0. The maximum Gasteiger partial charge on any atom is 0.337 e. The number of nitrogens with zero attached hydrogens (tertiary/aromatic N) is 1. The van der Waals surface area contributed by atoms with Gasteiger partial charge in [-0.25, -0.2) is 4.79 Å². The minimum absolute atomic E-state index is 0.194. The molecule has 0 N–H and O–H groups in total. The fourth-order valence-corrected chi connectivity index (χ4v) is 4.13. The van der Waals surface area contributed by atoms with E-state index in [1.54, 1.807) is 0 Å². The van der Waals surface area contributed by atoms with Gasteiger partial charge in [-0.2, -0.15) is 0 Å². The van der Waals surface area contributed by atoms with Crippen LogP contribution in [0.15, 0.2) is 108 Å². The zero-order chi connectivity index (χ0) is 24.8. The maximum atomic E-state index is 13.4. The highest BCUT2D eigenvalue weighted by atomic mass is 16.6. The van der Waals surface area contributed by atoms with Gasteiger partial charge in [-0.1, -0.05) is 78.9 Å².